The number of thioether (sulfide) groups is 1. The Morgan fingerprint density at radius 3 is 2.74 bits per heavy atom. The molecular formula is C22H25N3OS. The van der Waals surface area contributed by atoms with E-state index in [0.29, 0.717) is 5.75 Å². The maximum absolute atomic E-state index is 12.3. The lowest BCUT2D eigenvalue weighted by Gasteiger charge is -2.09. The molecular weight excluding hydrogens is 354 g/mol. The standard InChI is InChI=1S/C22H25N3OS/c1-3-4-7-18-9-11-19(12-10-18)24-21(26)16-27-22-23-13-14-25(22)20-8-5-6-17(2)15-20/h5-6,8-15H,3-4,7,16H2,1-2H3,(H,24,26). The molecule has 0 fully saturated rings. The van der Waals surface area contributed by atoms with E-state index in [4.69, 9.17) is 0 Å². The Balaban J connectivity index is 1.56. The Morgan fingerprint density at radius 1 is 1.19 bits per heavy atom. The largest absolute Gasteiger partial charge is 0.325 e. The third-order valence-corrected chi connectivity index (χ3v) is 5.24. The van der Waals surface area contributed by atoms with E-state index in [2.05, 4.69) is 48.4 Å². The number of aryl methyl sites for hydroxylation is 2. The van der Waals surface area contributed by atoms with E-state index in [1.807, 2.05) is 35.0 Å². The number of imidazole rings is 1. The number of amides is 1. The third-order valence-electron chi connectivity index (χ3n) is 4.28. The van der Waals surface area contributed by atoms with Crippen LogP contribution < -0.4 is 5.32 Å². The van der Waals surface area contributed by atoms with Gasteiger partial charge in [0.05, 0.1) is 5.75 Å². The summed E-state index contributed by atoms with van der Waals surface area (Å²) in [7, 11) is 0. The van der Waals surface area contributed by atoms with Gasteiger partial charge in [0.2, 0.25) is 5.91 Å². The van der Waals surface area contributed by atoms with Gasteiger partial charge in [0.1, 0.15) is 0 Å². The van der Waals surface area contributed by atoms with Crippen LogP contribution in [0.25, 0.3) is 5.69 Å². The molecule has 3 aromatic rings. The summed E-state index contributed by atoms with van der Waals surface area (Å²) >= 11 is 1.44. The Bertz CT molecular complexity index is 887. The van der Waals surface area contributed by atoms with Crippen LogP contribution in [0.4, 0.5) is 5.69 Å². The van der Waals surface area contributed by atoms with Crippen LogP contribution in [0, 0.1) is 6.92 Å². The Labute approximate surface area is 165 Å². The van der Waals surface area contributed by atoms with Crippen molar-refractivity contribution >= 4 is 23.4 Å². The number of unbranched alkanes of at least 4 members (excludes halogenated alkanes) is 1. The van der Waals surface area contributed by atoms with Gasteiger partial charge >= 0.3 is 0 Å². The highest BCUT2D eigenvalue weighted by Gasteiger charge is 2.09. The number of nitrogens with one attached hydrogen (secondary N) is 1. The highest BCUT2D eigenvalue weighted by molar-refractivity contribution is 7.99. The zero-order valence-corrected chi connectivity index (χ0v) is 16.6. The number of carbonyl (C=O) groups is 1. The highest BCUT2D eigenvalue weighted by atomic mass is 32.2. The number of anilines is 1. The minimum Gasteiger partial charge on any atom is -0.325 e. The third kappa shape index (κ3) is 5.47. The van der Waals surface area contributed by atoms with Gasteiger partial charge in [-0.2, -0.15) is 0 Å². The Hall–Kier alpha value is -2.53. The molecule has 0 saturated heterocycles. The number of hydrogen-bond donors (Lipinski definition) is 1. The Morgan fingerprint density at radius 2 is 2.00 bits per heavy atom. The van der Waals surface area contributed by atoms with Crippen LogP contribution in [-0.4, -0.2) is 21.2 Å². The fraction of sp³-hybridized carbons (Fsp3) is 0.273. The number of nitrogens with zero attached hydrogens (tertiary/aromatic N) is 2. The van der Waals surface area contributed by atoms with Gasteiger partial charge in [0.15, 0.2) is 5.16 Å². The molecule has 0 radical (unpaired) electrons. The van der Waals surface area contributed by atoms with Crippen molar-refractivity contribution in [2.24, 2.45) is 0 Å². The maximum Gasteiger partial charge on any atom is 0.234 e. The highest BCUT2D eigenvalue weighted by Crippen LogP contribution is 2.21. The van der Waals surface area contributed by atoms with Crippen LogP contribution in [0.1, 0.15) is 30.9 Å². The minimum absolute atomic E-state index is 0.0277. The smallest absolute Gasteiger partial charge is 0.234 e. The summed E-state index contributed by atoms with van der Waals surface area (Å²) in [5.41, 5.74) is 4.39. The molecule has 1 N–H and O–H groups in total. The molecule has 1 aromatic heterocycles. The molecule has 1 amide bonds. The van der Waals surface area contributed by atoms with E-state index in [-0.39, 0.29) is 5.91 Å². The van der Waals surface area contributed by atoms with Gasteiger partial charge in [-0.3, -0.25) is 9.36 Å². The average molecular weight is 380 g/mol. The maximum atomic E-state index is 12.3. The summed E-state index contributed by atoms with van der Waals surface area (Å²) in [6, 6.07) is 16.4. The van der Waals surface area contributed by atoms with Crippen LogP contribution in [-0.2, 0) is 11.2 Å². The van der Waals surface area contributed by atoms with E-state index in [1.54, 1.807) is 6.20 Å². The number of carbonyl (C=O) groups excluding carboxylic acids is 1. The van der Waals surface area contributed by atoms with E-state index in [9.17, 15) is 4.79 Å². The summed E-state index contributed by atoms with van der Waals surface area (Å²) in [5.74, 6) is 0.292. The number of aromatic nitrogens is 2. The van der Waals surface area contributed by atoms with Crippen molar-refractivity contribution in [3.05, 3.63) is 72.1 Å². The lowest BCUT2D eigenvalue weighted by Crippen LogP contribution is -2.14. The molecule has 2 aromatic carbocycles. The average Bonchev–Trinajstić information content (AvgIpc) is 3.14. The van der Waals surface area contributed by atoms with Crippen molar-refractivity contribution in [1.82, 2.24) is 9.55 Å². The first-order chi connectivity index (χ1) is 13.2. The monoisotopic (exact) mass is 379 g/mol. The number of rotatable bonds is 8. The first-order valence-electron chi connectivity index (χ1n) is 9.27. The van der Waals surface area contributed by atoms with Gasteiger partial charge in [-0.25, -0.2) is 4.98 Å². The molecule has 0 aliphatic rings. The van der Waals surface area contributed by atoms with E-state index < -0.39 is 0 Å². The van der Waals surface area contributed by atoms with E-state index in [1.165, 1.54) is 35.7 Å². The van der Waals surface area contributed by atoms with Gasteiger partial charge in [-0.1, -0.05) is 49.4 Å². The molecule has 140 valence electrons. The molecule has 4 nitrogen and oxygen atoms in total. The molecule has 3 rings (SSSR count). The second kappa shape index (κ2) is 9.42. The predicted molar refractivity (Wildman–Crippen MR) is 113 cm³/mol. The molecule has 0 saturated carbocycles. The lowest BCUT2D eigenvalue weighted by molar-refractivity contribution is -0.113. The fourth-order valence-electron chi connectivity index (χ4n) is 2.83. The molecule has 0 aliphatic heterocycles. The van der Waals surface area contributed by atoms with E-state index in [0.717, 1.165) is 23.0 Å². The normalized spacial score (nSPS) is 10.7. The van der Waals surface area contributed by atoms with Crippen molar-refractivity contribution < 1.29 is 4.79 Å². The second-order valence-corrected chi connectivity index (χ2v) is 7.50. The minimum atomic E-state index is -0.0277. The number of hydrogen-bond acceptors (Lipinski definition) is 3. The predicted octanol–water partition coefficient (Wildman–Crippen LogP) is 5.25. The van der Waals surface area contributed by atoms with Crippen LogP contribution in [0.2, 0.25) is 0 Å². The fourth-order valence-corrected chi connectivity index (χ4v) is 3.61. The van der Waals surface area contributed by atoms with Gasteiger partial charge in [0.25, 0.3) is 0 Å². The zero-order chi connectivity index (χ0) is 19.1. The molecule has 0 spiro atoms. The first kappa shape index (κ1) is 19.2. The van der Waals surface area contributed by atoms with Crippen molar-refractivity contribution in [2.75, 3.05) is 11.1 Å². The summed E-state index contributed by atoms with van der Waals surface area (Å²) < 4.78 is 2.01. The first-order valence-corrected chi connectivity index (χ1v) is 10.3. The van der Waals surface area contributed by atoms with Crippen LogP contribution in [0.15, 0.2) is 66.1 Å². The quantitative estimate of drug-likeness (QED) is 0.544. The van der Waals surface area contributed by atoms with Gasteiger partial charge in [-0.05, 0) is 55.2 Å². The second-order valence-electron chi connectivity index (χ2n) is 6.56. The SMILES string of the molecule is CCCCc1ccc(NC(=O)CSc2nccn2-c2cccc(C)c2)cc1. The van der Waals surface area contributed by atoms with Gasteiger partial charge in [-0.15, -0.1) is 0 Å². The molecule has 27 heavy (non-hydrogen) atoms. The molecule has 1 heterocycles. The topological polar surface area (TPSA) is 46.9 Å². The molecule has 0 unspecified atom stereocenters. The molecule has 0 bridgehead atoms. The van der Waals surface area contributed by atoms with Crippen LogP contribution >= 0.6 is 11.8 Å². The summed E-state index contributed by atoms with van der Waals surface area (Å²) in [4.78, 5) is 16.7. The summed E-state index contributed by atoms with van der Waals surface area (Å²) in [5, 5.41) is 3.77. The van der Waals surface area contributed by atoms with Crippen molar-refractivity contribution in [2.45, 2.75) is 38.3 Å². The lowest BCUT2D eigenvalue weighted by atomic mass is 10.1. The summed E-state index contributed by atoms with van der Waals surface area (Å²) in [6.45, 7) is 4.25. The molecule has 0 aliphatic carbocycles. The van der Waals surface area contributed by atoms with Gasteiger partial charge in [0, 0.05) is 23.8 Å². The van der Waals surface area contributed by atoms with Crippen LogP contribution in [0.3, 0.4) is 0 Å². The van der Waals surface area contributed by atoms with Crippen molar-refractivity contribution in [1.29, 1.82) is 0 Å². The Kier molecular flexibility index (Phi) is 6.71. The zero-order valence-electron chi connectivity index (χ0n) is 15.8. The molecule has 0 atom stereocenters. The van der Waals surface area contributed by atoms with Crippen molar-refractivity contribution in [3.8, 4) is 5.69 Å². The van der Waals surface area contributed by atoms with Crippen LogP contribution in [0.5, 0.6) is 0 Å². The summed E-state index contributed by atoms with van der Waals surface area (Å²) in [6.07, 6.45) is 7.15. The molecule has 5 heteroatoms. The number of benzene rings is 2. The van der Waals surface area contributed by atoms with E-state index >= 15 is 0 Å². The van der Waals surface area contributed by atoms with Crippen molar-refractivity contribution in [3.63, 3.8) is 0 Å². The van der Waals surface area contributed by atoms with Gasteiger partial charge < -0.3 is 5.32 Å².